The zero-order valence-electron chi connectivity index (χ0n) is 26.1. The number of H-pyrrole nitrogens is 2. The van der Waals surface area contributed by atoms with Crippen LogP contribution in [0.25, 0.3) is 21.8 Å². The number of para-hydroxylation sites is 2. The van der Waals surface area contributed by atoms with Gasteiger partial charge < -0.3 is 47.0 Å². The number of aliphatic hydroxyl groups is 1. The van der Waals surface area contributed by atoms with Crippen molar-refractivity contribution in [2.24, 2.45) is 5.73 Å². The Morgan fingerprint density at radius 2 is 1.25 bits per heavy atom. The molecular weight excluding hydrogens is 616 g/mol. The molecule has 3 amide bonds. The molecule has 0 aliphatic carbocycles. The van der Waals surface area contributed by atoms with E-state index in [-0.39, 0.29) is 25.0 Å². The summed E-state index contributed by atoms with van der Waals surface area (Å²) < 4.78 is 0. The van der Waals surface area contributed by atoms with Crippen molar-refractivity contribution >= 4 is 45.5 Å². The number of nitrogens with two attached hydrogens (primary N) is 1. The number of carbonyl (C=O) groups excluding carboxylic acids is 3. The molecule has 0 spiro atoms. The number of aromatic nitrogens is 2. The molecule has 5 atom stereocenters. The number of aromatic hydroxyl groups is 1. The van der Waals surface area contributed by atoms with Crippen molar-refractivity contribution in [3.63, 3.8) is 0 Å². The number of aromatic amines is 2. The topological polar surface area (TPSA) is 223 Å². The predicted octanol–water partition coefficient (Wildman–Crippen LogP) is 1.63. The average molecular weight is 655 g/mol. The summed E-state index contributed by atoms with van der Waals surface area (Å²) in [6, 6.07) is 15.6. The number of nitrogens with one attached hydrogen (secondary N) is 5. The van der Waals surface area contributed by atoms with Gasteiger partial charge in [-0.05, 0) is 54.3 Å². The zero-order valence-corrected chi connectivity index (χ0v) is 26.1. The lowest BCUT2D eigenvalue weighted by Crippen LogP contribution is -2.60. The fourth-order valence-electron chi connectivity index (χ4n) is 5.63. The van der Waals surface area contributed by atoms with E-state index in [1.165, 1.54) is 19.1 Å². The number of amides is 3. The van der Waals surface area contributed by atoms with Crippen LogP contribution in [-0.2, 0) is 38.4 Å². The standard InChI is InChI=1S/C35H38N6O7/c1-19(42)31(41-32(44)26(36)15-21-17-37-27-8-4-2-6-24(21)27)34(46)39-29(16-22-18-38-28-9-5-3-7-25(22)28)33(45)40-30(35(47)48)14-20-10-12-23(43)13-11-20/h2-13,17-19,26,29-31,37-38,42-43H,14-16,36H2,1H3,(H,39,46)(H,40,45)(H,41,44)(H,47,48). The van der Waals surface area contributed by atoms with E-state index in [1.807, 2.05) is 48.5 Å². The maximum Gasteiger partial charge on any atom is 0.326 e. The average Bonchev–Trinajstić information content (AvgIpc) is 3.67. The van der Waals surface area contributed by atoms with Crippen LogP contribution in [0, 0.1) is 0 Å². The number of benzene rings is 3. The van der Waals surface area contributed by atoms with E-state index in [9.17, 15) is 34.5 Å². The Bertz CT molecular complexity index is 1920. The number of phenols is 1. The zero-order chi connectivity index (χ0) is 34.4. The van der Waals surface area contributed by atoms with E-state index in [1.54, 1.807) is 24.5 Å². The fraction of sp³-hybridized carbons (Fsp3) is 0.257. The molecule has 0 bridgehead atoms. The maximum atomic E-state index is 13.7. The first kappa shape index (κ1) is 33.7. The number of hydrogen-bond acceptors (Lipinski definition) is 7. The van der Waals surface area contributed by atoms with Gasteiger partial charge in [0.25, 0.3) is 0 Å². The van der Waals surface area contributed by atoms with Gasteiger partial charge in [-0.3, -0.25) is 14.4 Å². The number of fused-ring (bicyclic) bond motifs is 2. The van der Waals surface area contributed by atoms with Gasteiger partial charge in [0, 0.05) is 47.0 Å². The van der Waals surface area contributed by atoms with Gasteiger partial charge in [0.15, 0.2) is 0 Å². The highest BCUT2D eigenvalue weighted by Gasteiger charge is 2.33. The number of phenolic OH excluding ortho intramolecular Hbond substituents is 1. The molecule has 0 saturated heterocycles. The fourth-order valence-corrected chi connectivity index (χ4v) is 5.63. The molecule has 5 unspecified atom stereocenters. The maximum absolute atomic E-state index is 13.7. The molecular formula is C35H38N6O7. The van der Waals surface area contributed by atoms with Crippen LogP contribution in [0.5, 0.6) is 5.75 Å². The quantitative estimate of drug-likeness (QED) is 0.0854. The van der Waals surface area contributed by atoms with Crippen LogP contribution in [0.2, 0.25) is 0 Å². The van der Waals surface area contributed by atoms with Crippen molar-refractivity contribution in [3.8, 4) is 5.75 Å². The van der Waals surface area contributed by atoms with Crippen LogP contribution >= 0.6 is 0 Å². The molecule has 0 aliphatic heterocycles. The molecule has 48 heavy (non-hydrogen) atoms. The summed E-state index contributed by atoms with van der Waals surface area (Å²) in [5.74, 6) is -3.62. The van der Waals surface area contributed by atoms with E-state index in [0.29, 0.717) is 11.1 Å². The lowest BCUT2D eigenvalue weighted by molar-refractivity contribution is -0.142. The molecule has 0 radical (unpaired) electrons. The van der Waals surface area contributed by atoms with Crippen LogP contribution in [0.1, 0.15) is 23.6 Å². The number of aliphatic hydroxyl groups excluding tert-OH is 1. The van der Waals surface area contributed by atoms with Crippen molar-refractivity contribution in [3.05, 3.63) is 102 Å². The molecule has 13 nitrogen and oxygen atoms in total. The molecule has 2 aromatic heterocycles. The Morgan fingerprint density at radius 3 is 1.81 bits per heavy atom. The molecule has 10 N–H and O–H groups in total. The largest absolute Gasteiger partial charge is 0.508 e. The molecule has 0 saturated carbocycles. The monoisotopic (exact) mass is 654 g/mol. The molecule has 3 aromatic carbocycles. The highest BCUT2D eigenvalue weighted by atomic mass is 16.4. The minimum atomic E-state index is -1.47. The van der Waals surface area contributed by atoms with Gasteiger partial charge in [0.2, 0.25) is 17.7 Å². The Labute approximate surface area is 275 Å². The van der Waals surface area contributed by atoms with Gasteiger partial charge in [-0.25, -0.2) is 4.79 Å². The third kappa shape index (κ3) is 8.00. The smallest absolute Gasteiger partial charge is 0.326 e. The number of carboxylic acids is 1. The summed E-state index contributed by atoms with van der Waals surface area (Å²) in [5, 5.41) is 39.4. The van der Waals surface area contributed by atoms with Gasteiger partial charge in [-0.15, -0.1) is 0 Å². The Morgan fingerprint density at radius 1 is 0.708 bits per heavy atom. The normalized spacial score (nSPS) is 14.5. The highest BCUT2D eigenvalue weighted by Crippen LogP contribution is 2.21. The minimum Gasteiger partial charge on any atom is -0.508 e. The van der Waals surface area contributed by atoms with Crippen molar-refractivity contribution in [1.82, 2.24) is 25.9 Å². The Balaban J connectivity index is 1.33. The van der Waals surface area contributed by atoms with Crippen LogP contribution in [0.4, 0.5) is 0 Å². The first-order valence-electron chi connectivity index (χ1n) is 15.5. The van der Waals surface area contributed by atoms with Gasteiger partial charge in [0.05, 0.1) is 12.1 Å². The molecule has 250 valence electrons. The first-order chi connectivity index (χ1) is 23.0. The van der Waals surface area contributed by atoms with Crippen molar-refractivity contribution in [2.45, 2.75) is 56.5 Å². The second-order valence-corrected chi connectivity index (χ2v) is 11.8. The Hall–Kier alpha value is -5.66. The summed E-state index contributed by atoms with van der Waals surface area (Å²) >= 11 is 0. The molecule has 0 fully saturated rings. The molecule has 13 heteroatoms. The van der Waals surface area contributed by atoms with E-state index in [4.69, 9.17) is 5.73 Å². The molecule has 5 rings (SSSR count). The predicted molar refractivity (Wildman–Crippen MR) is 179 cm³/mol. The van der Waals surface area contributed by atoms with Gasteiger partial charge in [-0.2, -0.15) is 0 Å². The van der Waals surface area contributed by atoms with Crippen LogP contribution in [-0.4, -0.2) is 79.2 Å². The second kappa shape index (κ2) is 14.8. The minimum absolute atomic E-state index is 0.00911. The van der Waals surface area contributed by atoms with Crippen molar-refractivity contribution in [1.29, 1.82) is 0 Å². The van der Waals surface area contributed by atoms with E-state index in [2.05, 4.69) is 25.9 Å². The second-order valence-electron chi connectivity index (χ2n) is 11.8. The van der Waals surface area contributed by atoms with E-state index in [0.717, 1.165) is 27.4 Å². The third-order valence-corrected chi connectivity index (χ3v) is 8.24. The summed E-state index contributed by atoms with van der Waals surface area (Å²) in [6.45, 7) is 1.32. The summed E-state index contributed by atoms with van der Waals surface area (Å²) in [6.07, 6.45) is 2.13. The molecule has 5 aromatic rings. The van der Waals surface area contributed by atoms with Crippen molar-refractivity contribution < 1.29 is 34.5 Å². The van der Waals surface area contributed by atoms with Gasteiger partial charge >= 0.3 is 5.97 Å². The summed E-state index contributed by atoms with van der Waals surface area (Å²) in [4.78, 5) is 58.9. The van der Waals surface area contributed by atoms with Gasteiger partial charge in [-0.1, -0.05) is 48.5 Å². The number of carbonyl (C=O) groups is 4. The third-order valence-electron chi connectivity index (χ3n) is 8.24. The summed E-state index contributed by atoms with van der Waals surface area (Å²) in [7, 11) is 0. The number of carboxylic acid groups (broad SMARTS) is 1. The highest BCUT2D eigenvalue weighted by molar-refractivity contribution is 5.95. The van der Waals surface area contributed by atoms with Crippen LogP contribution in [0.15, 0.2) is 85.2 Å². The lowest BCUT2D eigenvalue weighted by Gasteiger charge is -2.26. The van der Waals surface area contributed by atoms with E-state index < -0.39 is 54.0 Å². The van der Waals surface area contributed by atoms with Gasteiger partial charge in [0.1, 0.15) is 23.9 Å². The van der Waals surface area contributed by atoms with Crippen molar-refractivity contribution in [2.75, 3.05) is 0 Å². The number of rotatable bonds is 14. The molecule has 2 heterocycles. The van der Waals surface area contributed by atoms with Crippen LogP contribution < -0.4 is 21.7 Å². The van der Waals surface area contributed by atoms with Crippen LogP contribution in [0.3, 0.4) is 0 Å². The number of hydrogen-bond donors (Lipinski definition) is 9. The number of aliphatic carboxylic acids is 1. The summed E-state index contributed by atoms with van der Waals surface area (Å²) in [5.41, 5.74) is 9.94. The Kier molecular flexibility index (Phi) is 10.4. The SMILES string of the molecule is CC(O)C(NC(=O)C(N)Cc1c[nH]c2ccccc12)C(=O)NC(Cc1c[nH]c2ccccc12)C(=O)NC(Cc1ccc(O)cc1)C(=O)O. The molecule has 0 aliphatic rings. The van der Waals surface area contributed by atoms with E-state index >= 15 is 0 Å². The first-order valence-corrected chi connectivity index (χ1v) is 15.5. The lowest BCUT2D eigenvalue weighted by atomic mass is 10.0.